The van der Waals surface area contributed by atoms with Crippen molar-refractivity contribution in [2.24, 2.45) is 5.73 Å². The van der Waals surface area contributed by atoms with Gasteiger partial charge in [-0.25, -0.2) is 4.98 Å². The summed E-state index contributed by atoms with van der Waals surface area (Å²) in [7, 11) is 0. The largest absolute Gasteiger partial charge is 0.324 e. The lowest BCUT2D eigenvalue weighted by Crippen LogP contribution is -2.04. The molecule has 0 spiro atoms. The molecule has 2 aromatic carbocycles. The average Bonchev–Trinajstić information content (AvgIpc) is 2.88. The Bertz CT molecular complexity index is 792. The Hall–Kier alpha value is -2.19. The first-order chi connectivity index (χ1) is 9.81. The van der Waals surface area contributed by atoms with Gasteiger partial charge >= 0.3 is 0 Å². The first kappa shape index (κ1) is 11.6. The molecular formula is C18H16N2. The fourth-order valence-corrected chi connectivity index (χ4v) is 3.04. The molecule has 0 bridgehead atoms. The molecule has 2 N–H and O–H groups in total. The third-order valence-corrected chi connectivity index (χ3v) is 4.16. The molecule has 1 aliphatic rings. The molecule has 2 heteroatoms. The van der Waals surface area contributed by atoms with Crippen LogP contribution < -0.4 is 5.73 Å². The first-order valence-corrected chi connectivity index (χ1v) is 7.06. The molecule has 0 saturated carbocycles. The molecule has 0 amide bonds. The maximum absolute atomic E-state index is 6.09. The van der Waals surface area contributed by atoms with Gasteiger partial charge in [0.1, 0.15) is 0 Å². The molecule has 0 saturated heterocycles. The monoisotopic (exact) mass is 260 g/mol. The maximum Gasteiger partial charge on any atom is 0.0709 e. The lowest BCUT2D eigenvalue weighted by molar-refractivity contribution is 0.713. The zero-order chi connectivity index (χ0) is 13.5. The summed E-state index contributed by atoms with van der Waals surface area (Å²) < 4.78 is 0. The van der Waals surface area contributed by atoms with Gasteiger partial charge in [0.25, 0.3) is 0 Å². The Morgan fingerprint density at radius 2 is 1.90 bits per heavy atom. The predicted octanol–water partition coefficient (Wildman–Crippen LogP) is 3.85. The van der Waals surface area contributed by atoms with E-state index in [1.807, 2.05) is 12.1 Å². The van der Waals surface area contributed by atoms with Crippen molar-refractivity contribution in [2.45, 2.75) is 18.9 Å². The number of hydrogen-bond donors (Lipinski definition) is 1. The SMILES string of the molecule is NC1CCc2cc(-c3ccc4ccccc4n3)ccc21. The van der Waals surface area contributed by atoms with Gasteiger partial charge in [-0.05, 0) is 42.2 Å². The second-order valence-corrected chi connectivity index (χ2v) is 5.45. The number of benzene rings is 2. The molecule has 1 heterocycles. The van der Waals surface area contributed by atoms with Crippen molar-refractivity contribution in [3.05, 3.63) is 65.7 Å². The van der Waals surface area contributed by atoms with E-state index in [0.29, 0.717) is 0 Å². The molecule has 0 aliphatic heterocycles. The van der Waals surface area contributed by atoms with Gasteiger partial charge in [0, 0.05) is 17.0 Å². The number of aryl methyl sites for hydroxylation is 1. The predicted molar refractivity (Wildman–Crippen MR) is 82.4 cm³/mol. The van der Waals surface area contributed by atoms with Crippen LogP contribution in [0.5, 0.6) is 0 Å². The minimum Gasteiger partial charge on any atom is -0.324 e. The summed E-state index contributed by atoms with van der Waals surface area (Å²) in [4.78, 5) is 4.76. The second kappa shape index (κ2) is 4.43. The van der Waals surface area contributed by atoms with Gasteiger partial charge in [0.05, 0.1) is 11.2 Å². The van der Waals surface area contributed by atoms with Gasteiger partial charge in [-0.3, -0.25) is 0 Å². The highest BCUT2D eigenvalue weighted by atomic mass is 14.7. The highest BCUT2D eigenvalue weighted by Crippen LogP contribution is 2.32. The zero-order valence-electron chi connectivity index (χ0n) is 11.2. The van der Waals surface area contributed by atoms with Gasteiger partial charge in [-0.15, -0.1) is 0 Å². The van der Waals surface area contributed by atoms with Crippen LogP contribution in [0, 0.1) is 0 Å². The molecule has 0 fully saturated rings. The number of fused-ring (bicyclic) bond motifs is 2. The van der Waals surface area contributed by atoms with Crippen LogP contribution in [0.1, 0.15) is 23.6 Å². The maximum atomic E-state index is 6.09. The van der Waals surface area contributed by atoms with Gasteiger partial charge in [0.15, 0.2) is 0 Å². The van der Waals surface area contributed by atoms with E-state index in [1.54, 1.807) is 0 Å². The van der Waals surface area contributed by atoms with Gasteiger partial charge < -0.3 is 5.73 Å². The molecule has 98 valence electrons. The number of rotatable bonds is 1. The summed E-state index contributed by atoms with van der Waals surface area (Å²) in [6, 6.07) is 19.2. The first-order valence-electron chi connectivity index (χ1n) is 7.06. The van der Waals surface area contributed by atoms with E-state index in [-0.39, 0.29) is 6.04 Å². The Morgan fingerprint density at radius 3 is 2.85 bits per heavy atom. The number of aromatic nitrogens is 1. The minimum atomic E-state index is 0.212. The van der Waals surface area contributed by atoms with Crippen LogP contribution in [-0.4, -0.2) is 4.98 Å². The van der Waals surface area contributed by atoms with E-state index < -0.39 is 0 Å². The van der Waals surface area contributed by atoms with Crippen LogP contribution in [0.4, 0.5) is 0 Å². The summed E-state index contributed by atoms with van der Waals surface area (Å²) in [6.07, 6.45) is 2.14. The van der Waals surface area contributed by atoms with Crippen LogP contribution in [0.15, 0.2) is 54.6 Å². The molecule has 2 nitrogen and oxygen atoms in total. The lowest BCUT2D eigenvalue weighted by atomic mass is 10.0. The zero-order valence-corrected chi connectivity index (χ0v) is 11.2. The highest BCUT2D eigenvalue weighted by molar-refractivity contribution is 5.81. The van der Waals surface area contributed by atoms with Crippen molar-refractivity contribution in [3.63, 3.8) is 0 Å². The van der Waals surface area contributed by atoms with E-state index in [9.17, 15) is 0 Å². The van der Waals surface area contributed by atoms with Crippen molar-refractivity contribution in [3.8, 4) is 11.3 Å². The Balaban J connectivity index is 1.83. The Morgan fingerprint density at radius 1 is 1.00 bits per heavy atom. The van der Waals surface area contributed by atoms with Crippen LogP contribution in [0.3, 0.4) is 0 Å². The summed E-state index contributed by atoms with van der Waals surface area (Å²) in [5.41, 5.74) is 12.0. The smallest absolute Gasteiger partial charge is 0.0709 e. The lowest BCUT2D eigenvalue weighted by Gasteiger charge is -2.08. The van der Waals surface area contributed by atoms with E-state index >= 15 is 0 Å². The molecule has 20 heavy (non-hydrogen) atoms. The number of para-hydroxylation sites is 1. The van der Waals surface area contributed by atoms with Crippen LogP contribution in [-0.2, 0) is 6.42 Å². The summed E-state index contributed by atoms with van der Waals surface area (Å²) >= 11 is 0. The van der Waals surface area contributed by atoms with Crippen molar-refractivity contribution >= 4 is 10.9 Å². The molecule has 1 atom stereocenters. The van der Waals surface area contributed by atoms with Gasteiger partial charge in [0.2, 0.25) is 0 Å². The van der Waals surface area contributed by atoms with E-state index in [2.05, 4.69) is 42.5 Å². The summed E-state index contributed by atoms with van der Waals surface area (Å²) in [5.74, 6) is 0. The fourth-order valence-electron chi connectivity index (χ4n) is 3.04. The van der Waals surface area contributed by atoms with Crippen LogP contribution in [0.25, 0.3) is 22.2 Å². The van der Waals surface area contributed by atoms with Crippen molar-refractivity contribution in [2.75, 3.05) is 0 Å². The third kappa shape index (κ3) is 1.81. The third-order valence-electron chi connectivity index (χ3n) is 4.16. The molecule has 1 aliphatic carbocycles. The van der Waals surface area contributed by atoms with E-state index in [4.69, 9.17) is 10.7 Å². The number of nitrogens with zero attached hydrogens (tertiary/aromatic N) is 1. The van der Waals surface area contributed by atoms with Gasteiger partial charge in [-0.1, -0.05) is 36.4 Å². The van der Waals surface area contributed by atoms with Crippen LogP contribution in [0.2, 0.25) is 0 Å². The molecule has 4 rings (SSSR count). The normalized spacial score (nSPS) is 17.4. The molecule has 1 aromatic heterocycles. The molecule has 0 radical (unpaired) electrons. The second-order valence-electron chi connectivity index (χ2n) is 5.45. The molecule has 1 unspecified atom stereocenters. The van der Waals surface area contributed by atoms with Crippen molar-refractivity contribution in [1.82, 2.24) is 4.98 Å². The number of nitrogens with two attached hydrogens (primary N) is 1. The van der Waals surface area contributed by atoms with E-state index in [1.165, 1.54) is 22.1 Å². The standard InChI is InChI=1S/C18H16N2/c19-16-9-6-13-11-14(5-8-15(13)16)18-10-7-12-3-1-2-4-17(12)20-18/h1-5,7-8,10-11,16H,6,9,19H2. The van der Waals surface area contributed by atoms with Crippen molar-refractivity contribution in [1.29, 1.82) is 0 Å². The summed E-state index contributed by atoms with van der Waals surface area (Å²) in [6.45, 7) is 0. The average molecular weight is 260 g/mol. The minimum absolute atomic E-state index is 0.212. The highest BCUT2D eigenvalue weighted by Gasteiger charge is 2.19. The summed E-state index contributed by atoms with van der Waals surface area (Å²) in [5, 5.41) is 1.18. The Kier molecular flexibility index (Phi) is 2.57. The van der Waals surface area contributed by atoms with Gasteiger partial charge in [-0.2, -0.15) is 0 Å². The number of hydrogen-bond acceptors (Lipinski definition) is 2. The quantitative estimate of drug-likeness (QED) is 0.721. The molecular weight excluding hydrogens is 244 g/mol. The number of pyridine rings is 1. The molecule has 3 aromatic rings. The van der Waals surface area contributed by atoms with Crippen molar-refractivity contribution < 1.29 is 0 Å². The van der Waals surface area contributed by atoms with E-state index in [0.717, 1.165) is 24.1 Å². The fraction of sp³-hybridized carbons (Fsp3) is 0.167. The van der Waals surface area contributed by atoms with Crippen LogP contribution >= 0.6 is 0 Å². The topological polar surface area (TPSA) is 38.9 Å². The Labute approximate surface area is 118 Å².